The molecule has 1 aliphatic heterocycles. The van der Waals surface area contributed by atoms with Crippen LogP contribution in [0, 0.1) is 0 Å². The van der Waals surface area contributed by atoms with Crippen molar-refractivity contribution in [2.24, 2.45) is 4.99 Å². The van der Waals surface area contributed by atoms with Gasteiger partial charge in [0.25, 0.3) is 5.72 Å². The molecule has 0 aromatic heterocycles. The summed E-state index contributed by atoms with van der Waals surface area (Å²) >= 11 is 1.05. The molecule has 0 fully saturated rings. The first-order valence-corrected chi connectivity index (χ1v) is 6.98. The Bertz CT molecular complexity index is 556. The summed E-state index contributed by atoms with van der Waals surface area (Å²) < 4.78 is 40.0. The lowest BCUT2D eigenvalue weighted by molar-refractivity contribution is -0.235. The van der Waals surface area contributed by atoms with Crippen LogP contribution in [0.3, 0.4) is 0 Å². The van der Waals surface area contributed by atoms with Gasteiger partial charge in [-0.05, 0) is 31.4 Å². The number of hydrogen-bond acceptors (Lipinski definition) is 4. The van der Waals surface area contributed by atoms with Gasteiger partial charge in [0.2, 0.25) is 0 Å². The summed E-state index contributed by atoms with van der Waals surface area (Å²) in [6.07, 6.45) is -2.51. The third-order valence-electron chi connectivity index (χ3n) is 2.83. The zero-order valence-corrected chi connectivity index (χ0v) is 11.7. The van der Waals surface area contributed by atoms with E-state index in [1.54, 1.807) is 24.5 Å². The van der Waals surface area contributed by atoms with E-state index in [0.29, 0.717) is 0 Å². The van der Waals surface area contributed by atoms with E-state index in [1.807, 2.05) is 0 Å². The van der Waals surface area contributed by atoms with Crippen molar-refractivity contribution >= 4 is 22.6 Å². The highest BCUT2D eigenvalue weighted by atomic mass is 32.2. The van der Waals surface area contributed by atoms with Crippen molar-refractivity contribution < 1.29 is 18.3 Å². The molecule has 0 amide bonds. The standard InChI is InChI=1S/C13H13F3N2OS/c1-9-8-12(19,13(14,15)16)18(11(17-9)20-2)10-6-4-3-5-7-10/h3-8,19H,1-2H3. The van der Waals surface area contributed by atoms with Crippen LogP contribution >= 0.6 is 11.8 Å². The third kappa shape index (κ3) is 2.43. The second-order valence-electron chi connectivity index (χ2n) is 4.28. The lowest BCUT2D eigenvalue weighted by Crippen LogP contribution is -2.61. The van der Waals surface area contributed by atoms with Crippen LogP contribution in [0.15, 0.2) is 47.1 Å². The normalized spacial score (nSPS) is 23.4. The van der Waals surface area contributed by atoms with E-state index in [2.05, 4.69) is 4.99 Å². The number of benzene rings is 1. The van der Waals surface area contributed by atoms with Crippen LogP contribution in [-0.2, 0) is 0 Å². The summed E-state index contributed by atoms with van der Waals surface area (Å²) in [5, 5.41) is 10.3. The van der Waals surface area contributed by atoms with Gasteiger partial charge < -0.3 is 5.11 Å². The first-order valence-electron chi connectivity index (χ1n) is 5.76. The molecule has 0 spiro atoms. The van der Waals surface area contributed by atoms with Gasteiger partial charge in [-0.3, -0.25) is 4.90 Å². The van der Waals surface area contributed by atoms with Gasteiger partial charge in [-0.1, -0.05) is 30.0 Å². The molecule has 1 heterocycles. The van der Waals surface area contributed by atoms with Gasteiger partial charge in [-0.25, -0.2) is 4.99 Å². The molecule has 0 radical (unpaired) electrons. The van der Waals surface area contributed by atoms with Crippen LogP contribution < -0.4 is 4.90 Å². The fraction of sp³-hybridized carbons (Fsp3) is 0.308. The molecule has 2 rings (SSSR count). The number of hydrogen-bond donors (Lipinski definition) is 1. The predicted octanol–water partition coefficient (Wildman–Crippen LogP) is 3.38. The van der Waals surface area contributed by atoms with Gasteiger partial charge in [0.15, 0.2) is 5.17 Å². The third-order valence-corrected chi connectivity index (χ3v) is 3.47. The lowest BCUT2D eigenvalue weighted by atomic mass is 10.1. The van der Waals surface area contributed by atoms with E-state index >= 15 is 0 Å². The number of anilines is 1. The summed E-state index contributed by atoms with van der Waals surface area (Å²) in [7, 11) is 0. The molecule has 20 heavy (non-hydrogen) atoms. The zero-order chi connectivity index (χ0) is 15.0. The van der Waals surface area contributed by atoms with Gasteiger partial charge in [-0.2, -0.15) is 13.2 Å². The smallest absolute Gasteiger partial charge is 0.360 e. The Morgan fingerprint density at radius 3 is 2.35 bits per heavy atom. The van der Waals surface area contributed by atoms with E-state index in [0.717, 1.165) is 22.7 Å². The summed E-state index contributed by atoms with van der Waals surface area (Å²) in [4.78, 5) is 4.87. The number of aliphatic hydroxyl groups is 1. The van der Waals surface area contributed by atoms with E-state index in [-0.39, 0.29) is 16.6 Å². The number of aliphatic imine (C=N–C) groups is 1. The molecule has 1 unspecified atom stereocenters. The number of rotatable bonds is 1. The van der Waals surface area contributed by atoms with Gasteiger partial charge in [0.05, 0.1) is 0 Å². The average Bonchev–Trinajstić information content (AvgIpc) is 2.37. The van der Waals surface area contributed by atoms with E-state index in [9.17, 15) is 18.3 Å². The van der Waals surface area contributed by atoms with Crippen LogP contribution in [0.25, 0.3) is 0 Å². The van der Waals surface area contributed by atoms with E-state index < -0.39 is 11.9 Å². The van der Waals surface area contributed by atoms with Crippen molar-refractivity contribution in [3.63, 3.8) is 0 Å². The van der Waals surface area contributed by atoms with Gasteiger partial charge in [0, 0.05) is 11.4 Å². The van der Waals surface area contributed by atoms with Crippen molar-refractivity contribution in [1.82, 2.24) is 0 Å². The molecule has 1 aliphatic rings. The maximum absolute atomic E-state index is 13.3. The number of allylic oxidation sites excluding steroid dienone is 1. The minimum Gasteiger partial charge on any atom is -0.360 e. The van der Waals surface area contributed by atoms with Crippen molar-refractivity contribution in [2.75, 3.05) is 11.2 Å². The minimum absolute atomic E-state index is 0.0935. The Morgan fingerprint density at radius 2 is 1.85 bits per heavy atom. The van der Waals surface area contributed by atoms with E-state index in [1.165, 1.54) is 19.1 Å². The molecule has 0 aliphatic carbocycles. The highest BCUT2D eigenvalue weighted by Crippen LogP contribution is 2.41. The Hall–Kier alpha value is -1.47. The van der Waals surface area contributed by atoms with Crippen LogP contribution in [0.4, 0.5) is 18.9 Å². The SMILES string of the molecule is CSC1=NC(C)=CC(O)(C(F)(F)F)N1c1ccccc1. The molecule has 1 aromatic carbocycles. The van der Waals surface area contributed by atoms with Crippen molar-refractivity contribution in [1.29, 1.82) is 0 Å². The number of thioether (sulfide) groups is 1. The highest BCUT2D eigenvalue weighted by Gasteiger charge is 2.59. The number of alkyl halides is 3. The zero-order valence-electron chi connectivity index (χ0n) is 10.8. The fourth-order valence-electron chi connectivity index (χ4n) is 1.96. The first kappa shape index (κ1) is 14.9. The Kier molecular flexibility index (Phi) is 3.84. The fourth-order valence-corrected chi connectivity index (χ4v) is 2.63. The summed E-state index contributed by atoms with van der Waals surface area (Å²) in [6.45, 7) is 1.43. The monoisotopic (exact) mass is 302 g/mol. The van der Waals surface area contributed by atoms with E-state index in [4.69, 9.17) is 0 Å². The van der Waals surface area contributed by atoms with Crippen LogP contribution in [-0.4, -0.2) is 28.4 Å². The van der Waals surface area contributed by atoms with Crippen molar-refractivity contribution in [2.45, 2.75) is 18.8 Å². The quantitative estimate of drug-likeness (QED) is 0.864. The van der Waals surface area contributed by atoms with Crippen LogP contribution in [0.1, 0.15) is 6.92 Å². The summed E-state index contributed by atoms with van der Waals surface area (Å²) in [5.41, 5.74) is -2.75. The molecule has 1 atom stereocenters. The predicted molar refractivity (Wildman–Crippen MR) is 74.6 cm³/mol. The van der Waals surface area contributed by atoms with Crippen molar-refractivity contribution in [3.05, 3.63) is 42.1 Å². The topological polar surface area (TPSA) is 35.8 Å². The van der Waals surface area contributed by atoms with Gasteiger partial charge in [-0.15, -0.1) is 0 Å². The minimum atomic E-state index is -4.85. The second kappa shape index (κ2) is 5.14. The molecule has 7 heteroatoms. The molecule has 108 valence electrons. The Balaban J connectivity index is 2.62. The summed E-state index contributed by atoms with van der Waals surface area (Å²) in [5.74, 6) is 0. The Morgan fingerprint density at radius 1 is 1.25 bits per heavy atom. The molecular formula is C13H13F3N2OS. The van der Waals surface area contributed by atoms with Gasteiger partial charge >= 0.3 is 6.18 Å². The number of amidine groups is 1. The maximum Gasteiger partial charge on any atom is 0.441 e. The molecular weight excluding hydrogens is 289 g/mol. The maximum atomic E-state index is 13.3. The number of para-hydroxylation sites is 1. The molecule has 0 saturated heterocycles. The molecule has 1 aromatic rings. The molecule has 0 bridgehead atoms. The summed E-state index contributed by atoms with van der Waals surface area (Å²) in [6, 6.07) is 7.90. The van der Waals surface area contributed by atoms with Gasteiger partial charge in [0.1, 0.15) is 0 Å². The Labute approximate surface area is 118 Å². The largest absolute Gasteiger partial charge is 0.441 e. The van der Waals surface area contributed by atoms with Crippen molar-refractivity contribution in [3.8, 4) is 0 Å². The highest BCUT2D eigenvalue weighted by molar-refractivity contribution is 8.13. The number of nitrogens with zero attached hydrogens (tertiary/aromatic N) is 2. The average molecular weight is 302 g/mol. The molecule has 1 N–H and O–H groups in total. The number of halogens is 3. The van der Waals surface area contributed by atoms with Crippen LogP contribution in [0.5, 0.6) is 0 Å². The van der Waals surface area contributed by atoms with Crippen LogP contribution in [0.2, 0.25) is 0 Å². The molecule has 0 saturated carbocycles. The lowest BCUT2D eigenvalue weighted by Gasteiger charge is -2.42. The second-order valence-corrected chi connectivity index (χ2v) is 5.05. The first-order chi connectivity index (χ1) is 9.29. The molecule has 3 nitrogen and oxygen atoms in total.